The van der Waals surface area contributed by atoms with Crippen LogP contribution in [0.1, 0.15) is 85.5 Å². The van der Waals surface area contributed by atoms with Gasteiger partial charge in [-0.1, -0.05) is 52.4 Å². The number of unbranched alkanes of at least 4 members (excludes halogenated alkanes) is 6. The van der Waals surface area contributed by atoms with E-state index >= 15 is 0 Å². The van der Waals surface area contributed by atoms with Crippen LogP contribution in [0.2, 0.25) is 0 Å². The molecule has 0 atom stereocenters. The molecule has 0 heterocycles. The first-order valence-corrected chi connectivity index (χ1v) is 9.12. The predicted molar refractivity (Wildman–Crippen MR) is 94.9 cm³/mol. The molecule has 3 heteroatoms. The maximum atomic E-state index is 11.8. The van der Waals surface area contributed by atoms with Gasteiger partial charge in [-0.05, 0) is 46.7 Å². The fourth-order valence-corrected chi connectivity index (χ4v) is 2.49. The maximum absolute atomic E-state index is 11.8. The highest BCUT2D eigenvalue weighted by Gasteiger charge is 2.16. The first-order valence-electron chi connectivity index (χ1n) is 9.12. The summed E-state index contributed by atoms with van der Waals surface area (Å²) in [6, 6.07) is 0. The predicted octanol–water partition coefficient (Wildman–Crippen LogP) is 4.99. The molecular weight excluding hydrogens is 274 g/mol. The first-order chi connectivity index (χ1) is 10.4. The van der Waals surface area contributed by atoms with Crippen molar-refractivity contribution in [1.29, 1.82) is 0 Å². The lowest BCUT2D eigenvalue weighted by molar-refractivity contribution is -0.155. The van der Waals surface area contributed by atoms with Gasteiger partial charge in [0, 0.05) is 6.54 Å². The van der Waals surface area contributed by atoms with Crippen molar-refractivity contribution in [2.24, 2.45) is 0 Å². The van der Waals surface area contributed by atoms with Gasteiger partial charge in [0.25, 0.3) is 0 Å². The van der Waals surface area contributed by atoms with Crippen LogP contribution in [0.4, 0.5) is 0 Å². The first kappa shape index (κ1) is 21.4. The largest absolute Gasteiger partial charge is 0.460 e. The second-order valence-corrected chi connectivity index (χ2v) is 7.15. The van der Waals surface area contributed by atoms with Gasteiger partial charge in [0.15, 0.2) is 0 Å². The molecule has 1 radical (unpaired) electrons. The topological polar surface area (TPSA) is 29.5 Å². The van der Waals surface area contributed by atoms with Gasteiger partial charge >= 0.3 is 5.97 Å². The van der Waals surface area contributed by atoms with Crippen LogP contribution in [0.25, 0.3) is 0 Å². The number of hydrogen-bond acceptors (Lipinski definition) is 3. The van der Waals surface area contributed by atoms with Crippen LogP contribution < -0.4 is 0 Å². The lowest BCUT2D eigenvalue weighted by Gasteiger charge is -2.23. The Morgan fingerprint density at radius 1 is 0.955 bits per heavy atom. The van der Waals surface area contributed by atoms with Gasteiger partial charge < -0.3 is 9.64 Å². The average molecular weight is 313 g/mol. The lowest BCUT2D eigenvalue weighted by Crippen LogP contribution is -2.31. The summed E-state index contributed by atoms with van der Waals surface area (Å²) in [5.74, 6) is -0.0962. The Labute approximate surface area is 138 Å². The Balaban J connectivity index is 3.79. The molecule has 0 saturated heterocycles. The second-order valence-electron chi connectivity index (χ2n) is 7.15. The highest BCUT2D eigenvalue weighted by molar-refractivity contribution is 5.70. The summed E-state index contributed by atoms with van der Waals surface area (Å²) in [6.07, 6.45) is 10.6. The number of hydrogen-bond donors (Lipinski definition) is 0. The van der Waals surface area contributed by atoms with E-state index in [1.54, 1.807) is 0 Å². The molecule has 0 aliphatic rings. The third-order valence-corrected chi connectivity index (χ3v) is 3.60. The molecule has 0 amide bonds. The number of carbonyl (C=O) groups excluding carboxylic acids is 1. The van der Waals surface area contributed by atoms with Crippen LogP contribution in [-0.2, 0) is 9.53 Å². The molecule has 22 heavy (non-hydrogen) atoms. The van der Waals surface area contributed by atoms with E-state index in [0.29, 0.717) is 6.42 Å². The number of ether oxygens (including phenoxy) is 1. The summed E-state index contributed by atoms with van der Waals surface area (Å²) in [7, 11) is 0. The Hall–Kier alpha value is -0.570. The maximum Gasteiger partial charge on any atom is 0.307 e. The van der Waals surface area contributed by atoms with Crippen molar-refractivity contribution in [3.8, 4) is 0 Å². The summed E-state index contributed by atoms with van der Waals surface area (Å²) in [4.78, 5) is 14.1. The number of rotatable bonds is 13. The normalized spacial score (nSPS) is 11.9. The zero-order valence-corrected chi connectivity index (χ0v) is 15.5. The molecule has 0 saturated carbocycles. The highest BCUT2D eigenvalue weighted by Crippen LogP contribution is 2.10. The molecule has 0 aromatic carbocycles. The minimum absolute atomic E-state index is 0.0962. The van der Waals surface area contributed by atoms with E-state index in [9.17, 15) is 4.79 Å². The molecular formula is C19H38NO2. The van der Waals surface area contributed by atoms with E-state index in [1.807, 2.05) is 20.8 Å². The van der Waals surface area contributed by atoms with Crippen molar-refractivity contribution in [3.05, 3.63) is 6.92 Å². The minimum Gasteiger partial charge on any atom is -0.460 e. The molecule has 0 rings (SSSR count). The Kier molecular flexibility index (Phi) is 12.6. The van der Waals surface area contributed by atoms with E-state index in [2.05, 4.69) is 18.7 Å². The Morgan fingerprint density at radius 2 is 1.55 bits per heavy atom. The van der Waals surface area contributed by atoms with Gasteiger partial charge in [-0.2, -0.15) is 0 Å². The third kappa shape index (κ3) is 14.4. The average Bonchev–Trinajstić information content (AvgIpc) is 2.41. The summed E-state index contributed by atoms with van der Waals surface area (Å²) in [6.45, 7) is 14.8. The van der Waals surface area contributed by atoms with E-state index < -0.39 is 0 Å². The van der Waals surface area contributed by atoms with Gasteiger partial charge in [-0.3, -0.25) is 4.79 Å². The molecule has 0 fully saturated rings. The summed E-state index contributed by atoms with van der Waals surface area (Å²) in [5, 5.41) is 0. The van der Waals surface area contributed by atoms with E-state index in [4.69, 9.17) is 4.74 Å². The van der Waals surface area contributed by atoms with Gasteiger partial charge in [0.2, 0.25) is 0 Å². The van der Waals surface area contributed by atoms with Crippen LogP contribution >= 0.6 is 0 Å². The monoisotopic (exact) mass is 312 g/mol. The molecule has 0 aliphatic heterocycles. The fraction of sp³-hybridized carbons (Fsp3) is 0.895. The lowest BCUT2D eigenvalue weighted by atomic mass is 10.1. The van der Waals surface area contributed by atoms with Crippen molar-refractivity contribution >= 4 is 5.97 Å². The summed E-state index contributed by atoms with van der Waals surface area (Å²) >= 11 is 0. The Bertz CT molecular complexity index is 271. The van der Waals surface area contributed by atoms with Gasteiger partial charge in [0.05, 0.1) is 6.42 Å². The standard InChI is InChI=1S/C19H38NO2/c1-6-8-9-10-11-12-13-16-20(15-7-2)17-14-18(21)22-19(3,4)5/h2,6-17H2,1,3-5H3. The summed E-state index contributed by atoms with van der Waals surface area (Å²) in [5.41, 5.74) is -0.382. The fourth-order valence-electron chi connectivity index (χ4n) is 2.49. The smallest absolute Gasteiger partial charge is 0.307 e. The van der Waals surface area contributed by atoms with Gasteiger partial charge in [-0.25, -0.2) is 0 Å². The zero-order valence-electron chi connectivity index (χ0n) is 15.5. The van der Waals surface area contributed by atoms with E-state index in [0.717, 1.165) is 26.1 Å². The molecule has 0 spiro atoms. The van der Waals surface area contributed by atoms with E-state index in [-0.39, 0.29) is 11.6 Å². The molecule has 0 aromatic heterocycles. The number of carbonyl (C=O) groups is 1. The van der Waals surface area contributed by atoms with Crippen LogP contribution in [0, 0.1) is 6.92 Å². The van der Waals surface area contributed by atoms with Crippen molar-refractivity contribution in [2.75, 3.05) is 19.6 Å². The quantitative estimate of drug-likeness (QED) is 0.354. The second kappa shape index (κ2) is 12.9. The molecule has 0 N–H and O–H groups in total. The van der Waals surface area contributed by atoms with E-state index in [1.165, 1.54) is 44.9 Å². The summed E-state index contributed by atoms with van der Waals surface area (Å²) < 4.78 is 5.37. The molecule has 3 nitrogen and oxygen atoms in total. The Morgan fingerprint density at radius 3 is 2.09 bits per heavy atom. The van der Waals surface area contributed by atoms with Gasteiger partial charge in [0.1, 0.15) is 5.60 Å². The molecule has 0 aromatic rings. The van der Waals surface area contributed by atoms with Gasteiger partial charge in [-0.15, -0.1) is 0 Å². The van der Waals surface area contributed by atoms with Crippen molar-refractivity contribution in [3.63, 3.8) is 0 Å². The molecule has 0 unspecified atom stereocenters. The van der Waals surface area contributed by atoms with Crippen molar-refractivity contribution in [1.82, 2.24) is 4.90 Å². The third-order valence-electron chi connectivity index (χ3n) is 3.60. The van der Waals surface area contributed by atoms with Crippen molar-refractivity contribution in [2.45, 2.75) is 91.1 Å². The number of esters is 1. The number of nitrogens with zero attached hydrogens (tertiary/aromatic N) is 1. The van der Waals surface area contributed by atoms with Crippen molar-refractivity contribution < 1.29 is 9.53 Å². The van der Waals surface area contributed by atoms with Crippen LogP contribution in [0.5, 0.6) is 0 Å². The zero-order chi connectivity index (χ0) is 16.8. The SMILES string of the molecule is [CH2]CCN(CCCCCCCCC)CCC(=O)OC(C)(C)C. The van der Waals surface area contributed by atoms with Crippen LogP contribution in [0.15, 0.2) is 0 Å². The molecule has 131 valence electrons. The van der Waals surface area contributed by atoms with Crippen LogP contribution in [-0.4, -0.2) is 36.1 Å². The minimum atomic E-state index is -0.382. The van der Waals surface area contributed by atoms with Crippen LogP contribution in [0.3, 0.4) is 0 Å². The molecule has 0 aliphatic carbocycles. The highest BCUT2D eigenvalue weighted by atomic mass is 16.6. The molecule has 0 bridgehead atoms.